The maximum absolute atomic E-state index is 13.8. The van der Waals surface area contributed by atoms with Gasteiger partial charge < -0.3 is 20.1 Å². The molecule has 2 unspecified atom stereocenters. The second kappa shape index (κ2) is 17.2. The van der Waals surface area contributed by atoms with E-state index in [2.05, 4.69) is 34.3 Å². The smallest absolute Gasteiger partial charge is 0.328 e. The Morgan fingerprint density at radius 1 is 0.587 bits per heavy atom. The van der Waals surface area contributed by atoms with Crippen molar-refractivity contribution in [3.05, 3.63) is 106 Å². The van der Waals surface area contributed by atoms with E-state index in [-0.39, 0.29) is 34.1 Å². The molecule has 3 rings (SSSR count). The lowest BCUT2D eigenvalue weighted by Crippen LogP contribution is -2.43. The summed E-state index contributed by atoms with van der Waals surface area (Å²) in [4.78, 5) is 52.8. The minimum atomic E-state index is -0.897. The van der Waals surface area contributed by atoms with E-state index >= 15 is 0 Å². The Morgan fingerprint density at radius 3 is 1.24 bits per heavy atom. The molecule has 238 valence electrons. The second-order valence-electron chi connectivity index (χ2n) is 11.5. The van der Waals surface area contributed by atoms with Crippen molar-refractivity contribution in [3.8, 4) is 23.7 Å². The number of benzene rings is 3. The van der Waals surface area contributed by atoms with Gasteiger partial charge in [-0.25, -0.2) is 9.59 Å². The zero-order valence-electron chi connectivity index (χ0n) is 27.1. The van der Waals surface area contributed by atoms with Crippen LogP contribution in [-0.2, 0) is 19.1 Å². The van der Waals surface area contributed by atoms with E-state index in [1.165, 1.54) is 26.4 Å². The van der Waals surface area contributed by atoms with Crippen molar-refractivity contribution in [2.75, 3.05) is 14.2 Å². The fraction of sp³-hybridized carbons (Fsp3) is 0.316. The van der Waals surface area contributed by atoms with Crippen LogP contribution in [0.25, 0.3) is 0 Å². The third kappa shape index (κ3) is 10.4. The summed E-state index contributed by atoms with van der Waals surface area (Å²) in [5.74, 6) is 10.1. The van der Waals surface area contributed by atoms with Gasteiger partial charge in [0.25, 0.3) is 11.8 Å². The molecule has 2 atom stereocenters. The van der Waals surface area contributed by atoms with E-state index in [1.54, 1.807) is 0 Å². The number of carbonyl (C=O) groups excluding carboxylic acids is 4. The van der Waals surface area contributed by atoms with Crippen LogP contribution in [-0.4, -0.2) is 50.1 Å². The molecule has 0 aliphatic rings. The van der Waals surface area contributed by atoms with Gasteiger partial charge in [0.05, 0.1) is 25.3 Å². The second-order valence-corrected chi connectivity index (χ2v) is 11.5. The number of hydrogen-bond donors (Lipinski definition) is 2. The number of amides is 2. The van der Waals surface area contributed by atoms with Crippen LogP contribution < -0.4 is 10.6 Å². The van der Waals surface area contributed by atoms with Crippen LogP contribution in [0.2, 0.25) is 0 Å². The molecule has 0 fully saturated rings. The highest BCUT2D eigenvalue weighted by molar-refractivity contribution is 6.04. The van der Waals surface area contributed by atoms with Gasteiger partial charge in [-0.05, 0) is 61.1 Å². The molecule has 0 aliphatic carbocycles. The molecule has 0 heterocycles. The molecular weight excluding hydrogens is 580 g/mol. The quantitative estimate of drug-likeness (QED) is 0.241. The van der Waals surface area contributed by atoms with Gasteiger partial charge in [-0.15, -0.1) is 0 Å². The zero-order valence-corrected chi connectivity index (χ0v) is 27.1. The number of rotatable bonds is 10. The predicted molar refractivity (Wildman–Crippen MR) is 177 cm³/mol. The highest BCUT2D eigenvalue weighted by Gasteiger charge is 2.28. The first-order chi connectivity index (χ1) is 22.0. The van der Waals surface area contributed by atoms with Crippen LogP contribution in [0, 0.1) is 35.5 Å². The highest BCUT2D eigenvalue weighted by atomic mass is 16.5. The molecule has 3 aromatic carbocycles. The minimum absolute atomic E-state index is 0.0914. The van der Waals surface area contributed by atoms with Gasteiger partial charge in [-0.2, -0.15) is 0 Å². The zero-order chi connectivity index (χ0) is 33.6. The Labute approximate surface area is 271 Å². The van der Waals surface area contributed by atoms with Gasteiger partial charge in [-0.1, -0.05) is 87.8 Å². The largest absolute Gasteiger partial charge is 0.467 e. The van der Waals surface area contributed by atoms with Crippen molar-refractivity contribution in [1.82, 2.24) is 10.6 Å². The summed E-state index contributed by atoms with van der Waals surface area (Å²) in [7, 11) is 2.54. The predicted octanol–water partition coefficient (Wildman–Crippen LogP) is 5.12. The lowest BCUT2D eigenvalue weighted by atomic mass is 9.95. The fourth-order valence-corrected chi connectivity index (χ4v) is 4.63. The SMILES string of the molecule is COC(=O)C(CC(C)C)NC(=O)c1cc(C#Cc2ccccc2)c(C(=O)NC(CC(C)C)C(=O)OC)cc1C#Cc1ccccc1. The van der Waals surface area contributed by atoms with Crippen LogP contribution in [0.5, 0.6) is 0 Å². The van der Waals surface area contributed by atoms with Gasteiger partial charge in [0, 0.05) is 22.3 Å². The molecule has 0 radical (unpaired) electrons. The minimum Gasteiger partial charge on any atom is -0.467 e. The van der Waals surface area contributed by atoms with Crippen molar-refractivity contribution in [2.45, 2.75) is 52.6 Å². The van der Waals surface area contributed by atoms with Gasteiger partial charge in [0.2, 0.25) is 0 Å². The summed E-state index contributed by atoms with van der Waals surface area (Å²) in [5, 5.41) is 5.58. The average molecular weight is 621 g/mol. The molecule has 0 bridgehead atoms. The van der Waals surface area contributed by atoms with E-state index in [0.29, 0.717) is 24.0 Å². The number of ether oxygens (including phenoxy) is 2. The first-order valence-electron chi connectivity index (χ1n) is 15.1. The monoisotopic (exact) mass is 620 g/mol. The Bertz CT molecular complexity index is 1530. The van der Waals surface area contributed by atoms with Crippen LogP contribution in [0.4, 0.5) is 0 Å². The molecule has 0 aromatic heterocycles. The Morgan fingerprint density at radius 2 is 0.935 bits per heavy atom. The molecular formula is C38H40N2O6. The van der Waals surface area contributed by atoms with E-state index in [1.807, 2.05) is 88.4 Å². The number of esters is 2. The standard InChI is InChI=1S/C38H40N2O6/c1-25(2)21-33(37(43)45-5)39-35(41)31-23-30(20-18-28-15-11-8-12-16-28)32(24-29(31)19-17-27-13-9-7-10-14-27)36(42)40-34(22-26(3)4)38(44)46-6/h7-16,23-26,33-34H,21-22H2,1-6H3,(H,39,41)(H,40,42). The maximum atomic E-state index is 13.8. The number of methoxy groups -OCH3 is 2. The molecule has 3 aromatic rings. The lowest BCUT2D eigenvalue weighted by molar-refractivity contribution is -0.144. The van der Waals surface area contributed by atoms with Gasteiger partial charge in [0.1, 0.15) is 12.1 Å². The molecule has 0 spiro atoms. The Kier molecular flexibility index (Phi) is 13.2. The molecule has 0 saturated heterocycles. The van der Waals surface area contributed by atoms with Gasteiger partial charge in [-0.3, -0.25) is 9.59 Å². The van der Waals surface area contributed by atoms with Crippen molar-refractivity contribution in [2.24, 2.45) is 11.8 Å². The van der Waals surface area contributed by atoms with Crippen LogP contribution in [0.3, 0.4) is 0 Å². The van der Waals surface area contributed by atoms with Crippen molar-refractivity contribution >= 4 is 23.8 Å². The molecule has 0 saturated carbocycles. The third-order valence-electron chi connectivity index (χ3n) is 6.87. The topological polar surface area (TPSA) is 111 Å². The van der Waals surface area contributed by atoms with E-state index < -0.39 is 35.8 Å². The molecule has 8 nitrogen and oxygen atoms in total. The first-order valence-corrected chi connectivity index (χ1v) is 15.1. The van der Waals surface area contributed by atoms with Crippen LogP contribution in [0.15, 0.2) is 72.8 Å². The fourth-order valence-electron chi connectivity index (χ4n) is 4.63. The van der Waals surface area contributed by atoms with Crippen molar-refractivity contribution < 1.29 is 28.7 Å². The van der Waals surface area contributed by atoms with Crippen LogP contribution >= 0.6 is 0 Å². The van der Waals surface area contributed by atoms with E-state index in [9.17, 15) is 19.2 Å². The molecule has 8 heteroatoms. The lowest BCUT2D eigenvalue weighted by Gasteiger charge is -2.20. The number of hydrogen-bond acceptors (Lipinski definition) is 6. The molecule has 0 aliphatic heterocycles. The molecule has 2 amide bonds. The summed E-state index contributed by atoms with van der Waals surface area (Å²) < 4.78 is 9.89. The highest BCUT2D eigenvalue weighted by Crippen LogP contribution is 2.20. The molecule has 2 N–H and O–H groups in total. The Hall–Kier alpha value is -5.34. The summed E-state index contributed by atoms with van der Waals surface area (Å²) in [5.41, 5.74) is 2.13. The molecule has 46 heavy (non-hydrogen) atoms. The number of nitrogens with one attached hydrogen (secondary N) is 2. The number of carbonyl (C=O) groups is 4. The van der Waals surface area contributed by atoms with E-state index in [0.717, 1.165) is 0 Å². The first kappa shape index (κ1) is 35.1. The summed E-state index contributed by atoms with van der Waals surface area (Å²) in [6.45, 7) is 7.74. The summed E-state index contributed by atoms with van der Waals surface area (Å²) in [6.07, 6.45) is 0.713. The maximum Gasteiger partial charge on any atom is 0.328 e. The van der Waals surface area contributed by atoms with Crippen molar-refractivity contribution in [3.63, 3.8) is 0 Å². The average Bonchev–Trinajstić information content (AvgIpc) is 3.05. The normalized spacial score (nSPS) is 11.7. The third-order valence-corrected chi connectivity index (χ3v) is 6.87. The van der Waals surface area contributed by atoms with E-state index in [4.69, 9.17) is 9.47 Å². The Balaban J connectivity index is 2.22. The van der Waals surface area contributed by atoms with Crippen molar-refractivity contribution in [1.29, 1.82) is 0 Å². The summed E-state index contributed by atoms with van der Waals surface area (Å²) in [6, 6.07) is 19.6. The van der Waals surface area contributed by atoms with Crippen LogP contribution in [0.1, 0.15) is 83.5 Å². The van der Waals surface area contributed by atoms with Gasteiger partial charge in [0.15, 0.2) is 0 Å². The van der Waals surface area contributed by atoms with Gasteiger partial charge >= 0.3 is 11.9 Å². The summed E-state index contributed by atoms with van der Waals surface area (Å²) >= 11 is 0.